The van der Waals surface area contributed by atoms with Crippen LogP contribution in [0.1, 0.15) is 18.9 Å². The van der Waals surface area contributed by atoms with Crippen LogP contribution in [0.25, 0.3) is 0 Å². The zero-order chi connectivity index (χ0) is 24.7. The zero-order valence-corrected chi connectivity index (χ0v) is 19.9. The van der Waals surface area contributed by atoms with Crippen LogP contribution in [0, 0.1) is 0 Å². The number of aliphatic carboxylic acids is 1. The molecule has 3 rings (SSSR count). The molecule has 2 heterocycles. The largest absolute Gasteiger partial charge is 0.480 e. The van der Waals surface area contributed by atoms with E-state index in [-0.39, 0.29) is 42.0 Å². The fourth-order valence-electron chi connectivity index (χ4n) is 3.22. The minimum absolute atomic E-state index is 0.0323. The predicted octanol–water partition coefficient (Wildman–Crippen LogP) is 2.75. The molecule has 1 aliphatic heterocycles. The lowest BCUT2D eigenvalue weighted by atomic mass is 10.1. The van der Waals surface area contributed by atoms with Gasteiger partial charge in [0.1, 0.15) is 5.02 Å². The number of hydrogen-bond donors (Lipinski definition) is 4. The van der Waals surface area contributed by atoms with E-state index in [9.17, 15) is 14.4 Å². The third-order valence-corrected chi connectivity index (χ3v) is 5.52. The molecule has 10 nitrogen and oxygen atoms in total. The van der Waals surface area contributed by atoms with Crippen molar-refractivity contribution in [1.82, 2.24) is 20.5 Å². The highest BCUT2D eigenvalue weighted by molar-refractivity contribution is 6.35. The molecule has 1 fully saturated rings. The van der Waals surface area contributed by atoms with Gasteiger partial charge in [-0.3, -0.25) is 9.59 Å². The quantitative estimate of drug-likeness (QED) is 0.386. The number of urea groups is 1. The molecule has 0 radical (unpaired) electrons. The van der Waals surface area contributed by atoms with Crippen molar-refractivity contribution in [2.45, 2.75) is 32.0 Å². The Balaban J connectivity index is 1.48. The van der Waals surface area contributed by atoms with Gasteiger partial charge in [-0.15, -0.1) is 0 Å². The molecule has 1 saturated heterocycles. The van der Waals surface area contributed by atoms with Crippen LogP contribution in [0.5, 0.6) is 5.88 Å². The standard InChI is InChI=1S/C22H25Cl2N5O5/c1-2-18(34-21-17(24)7-14(23)9-27-21)20(32)26-8-13-4-3-5-15(6-13)28-22(33)29-11-16(12-29)25-10-19(30)31/h3-7,9,16,18,25H,2,8,10-12H2,1H3,(H,26,32)(H,28,33)(H,30,31)/t18-/m1/s1. The second-order valence-electron chi connectivity index (χ2n) is 7.68. The number of pyridine rings is 1. The Morgan fingerprint density at radius 2 is 2.03 bits per heavy atom. The van der Waals surface area contributed by atoms with E-state index in [2.05, 4.69) is 20.9 Å². The predicted molar refractivity (Wildman–Crippen MR) is 127 cm³/mol. The number of carboxylic acids is 1. The van der Waals surface area contributed by atoms with Gasteiger partial charge in [0.25, 0.3) is 5.91 Å². The molecule has 1 aliphatic rings. The Hall–Kier alpha value is -3.08. The molecule has 3 amide bonds. The van der Waals surface area contributed by atoms with Crippen molar-refractivity contribution < 1.29 is 24.2 Å². The Morgan fingerprint density at radius 3 is 2.71 bits per heavy atom. The third-order valence-electron chi connectivity index (χ3n) is 5.05. The first kappa shape index (κ1) is 25.5. The van der Waals surface area contributed by atoms with Crippen molar-refractivity contribution in [3.63, 3.8) is 0 Å². The monoisotopic (exact) mass is 509 g/mol. The van der Waals surface area contributed by atoms with Gasteiger partial charge in [0, 0.05) is 37.6 Å². The van der Waals surface area contributed by atoms with Gasteiger partial charge in [0.2, 0.25) is 5.88 Å². The number of hydrogen-bond acceptors (Lipinski definition) is 6. The molecule has 0 spiro atoms. The molecule has 182 valence electrons. The average Bonchev–Trinajstić information content (AvgIpc) is 2.76. The summed E-state index contributed by atoms with van der Waals surface area (Å²) in [5.41, 5.74) is 1.37. The number of carbonyl (C=O) groups excluding carboxylic acids is 2. The van der Waals surface area contributed by atoms with Gasteiger partial charge in [-0.25, -0.2) is 9.78 Å². The summed E-state index contributed by atoms with van der Waals surface area (Å²) in [5.74, 6) is -1.14. The van der Waals surface area contributed by atoms with Gasteiger partial charge >= 0.3 is 12.0 Å². The van der Waals surface area contributed by atoms with Crippen LogP contribution in [-0.4, -0.2) is 64.7 Å². The maximum absolute atomic E-state index is 12.6. The number of rotatable bonds is 10. The van der Waals surface area contributed by atoms with Gasteiger partial charge in [0.15, 0.2) is 6.10 Å². The van der Waals surface area contributed by atoms with Crippen LogP contribution in [0.4, 0.5) is 10.5 Å². The smallest absolute Gasteiger partial charge is 0.321 e. The number of nitrogens with zero attached hydrogens (tertiary/aromatic N) is 2. The summed E-state index contributed by atoms with van der Waals surface area (Å²) in [6.45, 7) is 2.76. The number of aromatic nitrogens is 1. The summed E-state index contributed by atoms with van der Waals surface area (Å²) in [4.78, 5) is 41.1. The summed E-state index contributed by atoms with van der Waals surface area (Å²) in [6.07, 6.45) is 1.00. The highest BCUT2D eigenvalue weighted by Gasteiger charge is 2.30. The van der Waals surface area contributed by atoms with E-state index in [0.29, 0.717) is 30.2 Å². The van der Waals surface area contributed by atoms with Crippen LogP contribution in [0.15, 0.2) is 36.5 Å². The van der Waals surface area contributed by atoms with E-state index in [1.54, 1.807) is 23.1 Å². The van der Waals surface area contributed by atoms with Crippen molar-refractivity contribution in [3.05, 3.63) is 52.1 Å². The molecule has 0 unspecified atom stereocenters. The minimum atomic E-state index is -0.936. The number of nitrogens with one attached hydrogen (secondary N) is 3. The molecule has 0 saturated carbocycles. The van der Waals surface area contributed by atoms with Crippen LogP contribution in [0.2, 0.25) is 10.0 Å². The van der Waals surface area contributed by atoms with E-state index in [0.717, 1.165) is 5.56 Å². The minimum Gasteiger partial charge on any atom is -0.480 e. The Bertz CT molecular complexity index is 1050. The molecule has 1 atom stereocenters. The van der Waals surface area contributed by atoms with Crippen molar-refractivity contribution in [2.24, 2.45) is 0 Å². The maximum atomic E-state index is 12.6. The lowest BCUT2D eigenvalue weighted by molar-refractivity contribution is -0.136. The number of halogens is 2. The van der Waals surface area contributed by atoms with Crippen LogP contribution < -0.4 is 20.7 Å². The number of carboxylic acid groups (broad SMARTS) is 1. The first-order valence-electron chi connectivity index (χ1n) is 10.6. The van der Waals surface area contributed by atoms with Crippen molar-refractivity contribution in [3.8, 4) is 5.88 Å². The van der Waals surface area contributed by atoms with Crippen LogP contribution in [-0.2, 0) is 16.1 Å². The van der Waals surface area contributed by atoms with Crippen molar-refractivity contribution in [2.75, 3.05) is 25.0 Å². The molecular weight excluding hydrogens is 485 g/mol. The molecule has 12 heteroatoms. The fourth-order valence-corrected chi connectivity index (χ4v) is 3.64. The van der Waals surface area contributed by atoms with Crippen LogP contribution >= 0.6 is 23.2 Å². The Kier molecular flexibility index (Phi) is 8.91. The van der Waals surface area contributed by atoms with E-state index >= 15 is 0 Å². The highest BCUT2D eigenvalue weighted by Crippen LogP contribution is 2.26. The number of carbonyl (C=O) groups is 3. The molecule has 1 aromatic carbocycles. The first-order valence-corrected chi connectivity index (χ1v) is 11.4. The first-order chi connectivity index (χ1) is 16.2. The molecule has 0 bridgehead atoms. The average molecular weight is 510 g/mol. The molecule has 2 aromatic rings. The number of likely N-dealkylation sites (tertiary alicyclic amines) is 1. The number of anilines is 1. The highest BCUT2D eigenvalue weighted by atomic mass is 35.5. The fraction of sp³-hybridized carbons (Fsp3) is 0.364. The summed E-state index contributed by atoms with van der Waals surface area (Å²) in [7, 11) is 0. The molecule has 0 aliphatic carbocycles. The molecular formula is C22H25Cl2N5O5. The summed E-state index contributed by atoms with van der Waals surface area (Å²) in [6, 6.07) is 8.28. The summed E-state index contributed by atoms with van der Waals surface area (Å²) < 4.78 is 5.65. The maximum Gasteiger partial charge on any atom is 0.321 e. The SMILES string of the molecule is CC[C@@H](Oc1ncc(Cl)cc1Cl)C(=O)NCc1cccc(NC(=O)N2CC(NCC(=O)O)C2)c1. The van der Waals surface area contributed by atoms with Crippen molar-refractivity contribution >= 4 is 46.8 Å². The van der Waals surface area contributed by atoms with E-state index in [1.165, 1.54) is 12.3 Å². The summed E-state index contributed by atoms with van der Waals surface area (Å²) in [5, 5.41) is 17.7. The second-order valence-corrected chi connectivity index (χ2v) is 8.52. The normalized spacial score (nSPS) is 14.1. The topological polar surface area (TPSA) is 133 Å². The van der Waals surface area contributed by atoms with Crippen LogP contribution in [0.3, 0.4) is 0 Å². The number of ether oxygens (including phenoxy) is 1. The summed E-state index contributed by atoms with van der Waals surface area (Å²) >= 11 is 11.9. The number of amides is 3. The number of benzene rings is 1. The lowest BCUT2D eigenvalue weighted by Gasteiger charge is -2.39. The van der Waals surface area contributed by atoms with Gasteiger partial charge < -0.3 is 30.7 Å². The van der Waals surface area contributed by atoms with E-state index < -0.39 is 12.1 Å². The molecule has 4 N–H and O–H groups in total. The molecule has 1 aromatic heterocycles. The zero-order valence-electron chi connectivity index (χ0n) is 18.4. The van der Waals surface area contributed by atoms with Gasteiger partial charge in [-0.1, -0.05) is 42.3 Å². The van der Waals surface area contributed by atoms with Crippen molar-refractivity contribution in [1.29, 1.82) is 0 Å². The Morgan fingerprint density at radius 1 is 1.26 bits per heavy atom. The van der Waals surface area contributed by atoms with Gasteiger partial charge in [-0.2, -0.15) is 0 Å². The Labute approximate surface area is 206 Å². The molecule has 34 heavy (non-hydrogen) atoms. The van der Waals surface area contributed by atoms with Gasteiger partial charge in [-0.05, 0) is 30.2 Å². The van der Waals surface area contributed by atoms with E-state index in [4.69, 9.17) is 33.0 Å². The lowest BCUT2D eigenvalue weighted by Crippen LogP contribution is -2.61. The third kappa shape index (κ3) is 7.21. The van der Waals surface area contributed by atoms with E-state index in [1.807, 2.05) is 13.0 Å². The second kappa shape index (κ2) is 11.9. The van der Waals surface area contributed by atoms with Gasteiger partial charge in [0.05, 0.1) is 11.6 Å².